The molecule has 2 heterocycles. The Kier molecular flexibility index (Phi) is 2.26. The number of aromatic nitrogens is 2. The lowest BCUT2D eigenvalue weighted by Crippen LogP contribution is -1.86. The molecule has 0 atom stereocenters. The minimum absolute atomic E-state index is 0.623. The number of rotatable bonds is 2. The van der Waals surface area contributed by atoms with E-state index in [0.717, 1.165) is 17.0 Å². The maximum Gasteiger partial charge on any atom is 0.199 e. The van der Waals surface area contributed by atoms with Crippen molar-refractivity contribution in [2.45, 2.75) is 0 Å². The molecule has 0 fully saturated rings. The van der Waals surface area contributed by atoms with Crippen molar-refractivity contribution in [1.29, 1.82) is 0 Å². The summed E-state index contributed by atoms with van der Waals surface area (Å²) in [4.78, 5) is 8.45. The molecule has 4 nitrogen and oxygen atoms in total. The Morgan fingerprint density at radius 3 is 2.65 bits per heavy atom. The van der Waals surface area contributed by atoms with Crippen molar-refractivity contribution in [3.8, 4) is 17.0 Å². The van der Waals surface area contributed by atoms with Gasteiger partial charge in [-0.25, -0.2) is 4.98 Å². The number of oxazole rings is 1. The van der Waals surface area contributed by atoms with Gasteiger partial charge in [0.2, 0.25) is 0 Å². The average Bonchev–Trinajstić information content (AvgIpc) is 2.86. The second-order valence-corrected chi connectivity index (χ2v) is 3.60. The third kappa shape index (κ3) is 1.73. The molecular formula is C13H10N2O2. The lowest BCUT2D eigenvalue weighted by molar-refractivity contribution is 0.415. The highest BCUT2D eigenvalue weighted by Gasteiger charge is 2.04. The molecule has 1 aromatic carbocycles. The van der Waals surface area contributed by atoms with Crippen LogP contribution in [0.5, 0.6) is 5.75 Å². The Morgan fingerprint density at radius 1 is 1.06 bits per heavy atom. The molecule has 0 N–H and O–H groups in total. The van der Waals surface area contributed by atoms with Gasteiger partial charge in [0, 0.05) is 5.56 Å². The lowest BCUT2D eigenvalue weighted by atomic mass is 10.1. The van der Waals surface area contributed by atoms with Gasteiger partial charge in [0.15, 0.2) is 17.6 Å². The zero-order valence-corrected chi connectivity index (χ0v) is 9.25. The van der Waals surface area contributed by atoms with E-state index in [-0.39, 0.29) is 0 Å². The fourth-order valence-corrected chi connectivity index (χ4v) is 1.68. The summed E-state index contributed by atoms with van der Waals surface area (Å²) in [6.07, 6.45) is 1.40. The quantitative estimate of drug-likeness (QED) is 0.674. The summed E-state index contributed by atoms with van der Waals surface area (Å²) in [6, 6.07) is 11.5. The van der Waals surface area contributed by atoms with Crippen LogP contribution in [0.3, 0.4) is 0 Å². The molecule has 17 heavy (non-hydrogen) atoms. The normalized spacial score (nSPS) is 10.6. The molecule has 84 valence electrons. The van der Waals surface area contributed by atoms with E-state index in [9.17, 15) is 0 Å². The molecule has 4 heteroatoms. The van der Waals surface area contributed by atoms with Crippen LogP contribution < -0.4 is 4.74 Å². The maximum atomic E-state index is 5.15. The van der Waals surface area contributed by atoms with Crippen LogP contribution in [0.15, 0.2) is 47.2 Å². The maximum absolute atomic E-state index is 5.15. The van der Waals surface area contributed by atoms with Gasteiger partial charge >= 0.3 is 0 Å². The molecule has 0 aliphatic rings. The zero-order chi connectivity index (χ0) is 11.7. The monoisotopic (exact) mass is 226 g/mol. The third-order valence-corrected chi connectivity index (χ3v) is 2.58. The van der Waals surface area contributed by atoms with Crippen molar-refractivity contribution in [2.24, 2.45) is 0 Å². The van der Waals surface area contributed by atoms with Crippen molar-refractivity contribution in [2.75, 3.05) is 7.11 Å². The number of nitrogens with zero attached hydrogens (tertiary/aromatic N) is 2. The van der Waals surface area contributed by atoms with Gasteiger partial charge in [0.1, 0.15) is 5.75 Å². The Balaban J connectivity index is 2.06. The first-order valence-corrected chi connectivity index (χ1v) is 5.21. The van der Waals surface area contributed by atoms with Crippen molar-refractivity contribution < 1.29 is 9.15 Å². The number of hydrogen-bond acceptors (Lipinski definition) is 4. The summed E-state index contributed by atoms with van der Waals surface area (Å²) in [5.74, 6) is 0.830. The number of benzene rings is 1. The fourth-order valence-electron chi connectivity index (χ4n) is 1.68. The minimum Gasteiger partial charge on any atom is -0.497 e. The SMILES string of the molecule is COc1ccc(-c2ccc3ocnc3n2)cc1. The summed E-state index contributed by atoms with van der Waals surface area (Å²) < 4.78 is 10.3. The molecule has 0 saturated heterocycles. The summed E-state index contributed by atoms with van der Waals surface area (Å²) in [5, 5.41) is 0. The zero-order valence-electron chi connectivity index (χ0n) is 9.25. The van der Waals surface area contributed by atoms with Crippen LogP contribution >= 0.6 is 0 Å². The largest absolute Gasteiger partial charge is 0.497 e. The summed E-state index contributed by atoms with van der Waals surface area (Å²) in [5.41, 5.74) is 3.21. The second kappa shape index (κ2) is 3.90. The van der Waals surface area contributed by atoms with E-state index in [0.29, 0.717) is 11.2 Å². The molecule has 2 aromatic heterocycles. The van der Waals surface area contributed by atoms with E-state index < -0.39 is 0 Å². The van der Waals surface area contributed by atoms with Crippen LogP contribution in [-0.2, 0) is 0 Å². The molecule has 0 amide bonds. The molecule has 0 aliphatic carbocycles. The van der Waals surface area contributed by atoms with Gasteiger partial charge in [-0.2, -0.15) is 4.98 Å². The number of fused-ring (bicyclic) bond motifs is 1. The van der Waals surface area contributed by atoms with Crippen molar-refractivity contribution in [1.82, 2.24) is 9.97 Å². The molecular weight excluding hydrogens is 216 g/mol. The van der Waals surface area contributed by atoms with Crippen LogP contribution in [0.2, 0.25) is 0 Å². The van der Waals surface area contributed by atoms with E-state index in [1.54, 1.807) is 7.11 Å². The van der Waals surface area contributed by atoms with Gasteiger partial charge < -0.3 is 9.15 Å². The Bertz CT molecular complexity index is 644. The van der Waals surface area contributed by atoms with Crippen molar-refractivity contribution in [3.05, 3.63) is 42.8 Å². The van der Waals surface area contributed by atoms with E-state index in [1.165, 1.54) is 6.39 Å². The molecule has 0 saturated carbocycles. The van der Waals surface area contributed by atoms with Crippen molar-refractivity contribution in [3.63, 3.8) is 0 Å². The number of hydrogen-bond donors (Lipinski definition) is 0. The molecule has 0 bridgehead atoms. The fraction of sp³-hybridized carbons (Fsp3) is 0.0769. The van der Waals surface area contributed by atoms with Gasteiger partial charge in [0.05, 0.1) is 12.8 Å². The summed E-state index contributed by atoms with van der Waals surface area (Å²) >= 11 is 0. The standard InChI is InChI=1S/C13H10N2O2/c1-16-10-4-2-9(3-5-10)11-6-7-12-13(15-11)14-8-17-12/h2-8H,1H3. The first-order chi connectivity index (χ1) is 8.36. The number of pyridine rings is 1. The van der Waals surface area contributed by atoms with E-state index in [2.05, 4.69) is 9.97 Å². The molecule has 0 radical (unpaired) electrons. The topological polar surface area (TPSA) is 48.2 Å². The van der Waals surface area contributed by atoms with Crippen LogP contribution in [0.4, 0.5) is 0 Å². The van der Waals surface area contributed by atoms with Gasteiger partial charge in [-0.05, 0) is 36.4 Å². The van der Waals surface area contributed by atoms with Gasteiger partial charge in [-0.15, -0.1) is 0 Å². The Morgan fingerprint density at radius 2 is 1.88 bits per heavy atom. The van der Waals surface area contributed by atoms with E-state index in [4.69, 9.17) is 9.15 Å². The van der Waals surface area contributed by atoms with Crippen LogP contribution in [0.25, 0.3) is 22.5 Å². The molecule has 0 aliphatic heterocycles. The van der Waals surface area contributed by atoms with Crippen molar-refractivity contribution >= 4 is 11.2 Å². The second-order valence-electron chi connectivity index (χ2n) is 3.60. The molecule has 3 aromatic rings. The lowest BCUT2D eigenvalue weighted by Gasteiger charge is -2.02. The average molecular weight is 226 g/mol. The molecule has 3 rings (SSSR count). The predicted octanol–water partition coefficient (Wildman–Crippen LogP) is 2.90. The van der Waals surface area contributed by atoms with Crippen LogP contribution in [0, 0.1) is 0 Å². The molecule has 0 unspecified atom stereocenters. The summed E-state index contributed by atoms with van der Waals surface area (Å²) in [7, 11) is 1.65. The number of ether oxygens (including phenoxy) is 1. The van der Waals surface area contributed by atoms with Gasteiger partial charge in [-0.3, -0.25) is 0 Å². The van der Waals surface area contributed by atoms with Crippen LogP contribution in [0.1, 0.15) is 0 Å². The predicted molar refractivity (Wildman–Crippen MR) is 63.8 cm³/mol. The van der Waals surface area contributed by atoms with Gasteiger partial charge in [-0.1, -0.05) is 0 Å². The van der Waals surface area contributed by atoms with Crippen LogP contribution in [-0.4, -0.2) is 17.1 Å². The summed E-state index contributed by atoms with van der Waals surface area (Å²) in [6.45, 7) is 0. The number of methoxy groups -OCH3 is 1. The van der Waals surface area contributed by atoms with Gasteiger partial charge in [0.25, 0.3) is 0 Å². The van der Waals surface area contributed by atoms with E-state index in [1.807, 2.05) is 36.4 Å². The Labute approximate surface area is 97.9 Å². The minimum atomic E-state index is 0.623. The molecule has 0 spiro atoms. The van der Waals surface area contributed by atoms with E-state index >= 15 is 0 Å². The highest BCUT2D eigenvalue weighted by Crippen LogP contribution is 2.22. The highest BCUT2D eigenvalue weighted by molar-refractivity contribution is 5.73. The first kappa shape index (κ1) is 9.84. The third-order valence-electron chi connectivity index (χ3n) is 2.58. The first-order valence-electron chi connectivity index (χ1n) is 5.21. The smallest absolute Gasteiger partial charge is 0.199 e. The highest BCUT2D eigenvalue weighted by atomic mass is 16.5. The Hall–Kier alpha value is -2.36.